The molecular weight excluding hydrogens is 350 g/mol. The van der Waals surface area contributed by atoms with Gasteiger partial charge in [-0.3, -0.25) is 4.79 Å². The molecule has 1 heterocycles. The summed E-state index contributed by atoms with van der Waals surface area (Å²) in [6.45, 7) is 1.29. The maximum Gasteiger partial charge on any atom is 0.213 e. The Hall–Kier alpha value is -2.64. The van der Waals surface area contributed by atoms with Gasteiger partial charge in [-0.2, -0.15) is 0 Å². The van der Waals surface area contributed by atoms with Gasteiger partial charge in [0.25, 0.3) is 0 Å². The highest BCUT2D eigenvalue weighted by Crippen LogP contribution is 2.30. The molecule has 0 radical (unpaired) electrons. The third-order valence-electron chi connectivity index (χ3n) is 4.21. The van der Waals surface area contributed by atoms with E-state index in [1.165, 1.54) is 4.90 Å². The number of aromatic amines is 1. The Labute approximate surface area is 156 Å². The highest BCUT2D eigenvalue weighted by Gasteiger charge is 2.08. The fraction of sp³-hybridized carbons (Fsp3) is 0.350. The number of benzene rings is 2. The second-order valence-electron chi connectivity index (χ2n) is 6.04. The van der Waals surface area contributed by atoms with Crippen LogP contribution in [0, 0.1) is 0 Å². The topological polar surface area (TPSA) is 63.8 Å². The molecule has 27 heavy (non-hydrogen) atoms. The molecule has 0 atom stereocenters. The summed E-state index contributed by atoms with van der Waals surface area (Å²) in [5.74, 6) is 0.747. The Morgan fingerprint density at radius 3 is 2.37 bits per heavy atom. The largest absolute Gasteiger partial charge is 0.491 e. The molecule has 1 aromatic heterocycles. The van der Waals surface area contributed by atoms with Gasteiger partial charge in [-0.15, -0.1) is 0 Å². The number of hydrogen-bond acceptors (Lipinski definition) is 4. The molecule has 0 fully saturated rings. The normalized spacial score (nSPS) is 11.2. The number of carbonyl (C=O) groups is 1. The summed E-state index contributed by atoms with van der Waals surface area (Å²) in [5.41, 5.74) is 2.76. The molecule has 0 aliphatic rings. The average molecular weight is 373 g/mol. The molecule has 1 amide bonds. The molecule has 2 aromatic carbocycles. The average Bonchev–Trinajstić information content (AvgIpc) is 3.06. The molecule has 3 aromatic rings. The van der Waals surface area contributed by atoms with Gasteiger partial charge in [0.1, 0.15) is 19.0 Å². The van der Waals surface area contributed by atoms with Crippen LogP contribution >= 0.6 is 0 Å². The van der Waals surface area contributed by atoms with Gasteiger partial charge >= 0.3 is 0 Å². The zero-order chi connectivity index (χ0) is 19.1. The number of nitrogens with one attached hydrogen (secondary N) is 1. The van der Waals surface area contributed by atoms with Crippen LogP contribution in [-0.2, 0) is 14.3 Å². The van der Waals surface area contributed by atoms with Crippen molar-refractivity contribution in [2.45, 2.75) is 0 Å². The van der Waals surface area contributed by atoms with E-state index in [2.05, 4.69) is 4.98 Å². The van der Waals surface area contributed by atoms with E-state index in [9.17, 15) is 9.18 Å². The van der Waals surface area contributed by atoms with Crippen LogP contribution in [0.3, 0.4) is 0 Å². The van der Waals surface area contributed by atoms with Crippen LogP contribution in [0.1, 0.15) is 0 Å². The first kappa shape index (κ1) is 19.1. The number of hydrogen-bond donors (Lipinski definition) is 1. The van der Waals surface area contributed by atoms with Crippen molar-refractivity contribution in [1.29, 1.82) is 0 Å². The minimum Gasteiger partial charge on any atom is -0.491 e. The zero-order valence-electron chi connectivity index (χ0n) is 15.2. The maximum atomic E-state index is 11.9. The molecule has 1 N–H and O–H groups in total. The molecule has 0 saturated heterocycles. The number of carbonyl (C=O) groups excluding carboxylic acids is 1. The van der Waals surface area contributed by atoms with E-state index in [1.54, 1.807) is 7.05 Å². The van der Waals surface area contributed by atoms with Gasteiger partial charge in [0.15, 0.2) is 0 Å². The first-order valence-electron chi connectivity index (χ1n) is 8.81. The molecule has 3 rings (SSSR count). The molecule has 0 bridgehead atoms. The molecule has 144 valence electrons. The summed E-state index contributed by atoms with van der Waals surface area (Å²) in [6, 6.07) is 11.8. The van der Waals surface area contributed by atoms with Crippen molar-refractivity contribution in [2.75, 3.05) is 51.7 Å². The van der Waals surface area contributed by atoms with Gasteiger partial charge in [-0.25, -0.2) is 4.39 Å². The standard InChI is InChI=1S/C20H23FN2O4/c1-23(14-24)15-2-4-17-18-5-3-16(13-20(18)22-19(17)12-15)27-11-10-26-9-8-25-7-6-21/h2-5,12-14,22H,6-11H2,1H3/i21-1. The van der Waals surface area contributed by atoms with Gasteiger partial charge in [-0.05, 0) is 24.3 Å². The summed E-state index contributed by atoms with van der Waals surface area (Å²) in [4.78, 5) is 15.8. The Morgan fingerprint density at radius 1 is 0.963 bits per heavy atom. The first-order valence-corrected chi connectivity index (χ1v) is 8.81. The summed E-state index contributed by atoms with van der Waals surface area (Å²) in [5, 5.41) is 2.19. The lowest BCUT2D eigenvalue weighted by molar-refractivity contribution is -0.107. The van der Waals surface area contributed by atoms with Crippen molar-refractivity contribution < 1.29 is 23.4 Å². The van der Waals surface area contributed by atoms with Crippen LogP contribution in [-0.4, -0.2) is 58.2 Å². The van der Waals surface area contributed by atoms with E-state index in [0.29, 0.717) is 26.4 Å². The molecular formula is C20H23FN2O4. The minimum atomic E-state index is -0.478. The summed E-state index contributed by atoms with van der Waals surface area (Å²) >= 11 is 0. The smallest absolute Gasteiger partial charge is 0.213 e. The van der Waals surface area contributed by atoms with E-state index in [1.807, 2.05) is 36.4 Å². The van der Waals surface area contributed by atoms with Crippen molar-refractivity contribution in [3.8, 4) is 5.75 Å². The van der Waals surface area contributed by atoms with Gasteiger partial charge in [0, 0.05) is 35.1 Å². The number of ether oxygens (including phenoxy) is 3. The van der Waals surface area contributed by atoms with Crippen molar-refractivity contribution in [3.05, 3.63) is 36.4 Å². The number of nitrogens with zero attached hydrogens (tertiary/aromatic N) is 1. The molecule has 0 saturated carbocycles. The quantitative estimate of drug-likeness (QED) is 0.414. The highest BCUT2D eigenvalue weighted by molar-refractivity contribution is 6.08. The van der Waals surface area contributed by atoms with Crippen molar-refractivity contribution in [3.63, 3.8) is 0 Å². The zero-order valence-corrected chi connectivity index (χ0v) is 15.2. The lowest BCUT2D eigenvalue weighted by Gasteiger charge is -2.09. The predicted octanol–water partition coefficient (Wildman–Crippen LogP) is 3.30. The number of anilines is 1. The molecule has 7 heteroatoms. The van der Waals surface area contributed by atoms with Gasteiger partial charge in [0.05, 0.1) is 31.9 Å². The maximum absolute atomic E-state index is 11.9. The van der Waals surface area contributed by atoms with E-state index >= 15 is 0 Å². The Morgan fingerprint density at radius 2 is 1.63 bits per heavy atom. The Bertz CT molecular complexity index is 896. The van der Waals surface area contributed by atoms with Crippen LogP contribution in [0.15, 0.2) is 36.4 Å². The molecule has 0 aliphatic carbocycles. The van der Waals surface area contributed by atoms with Crippen molar-refractivity contribution in [1.82, 2.24) is 4.98 Å². The third-order valence-corrected chi connectivity index (χ3v) is 4.21. The predicted molar refractivity (Wildman–Crippen MR) is 103 cm³/mol. The number of halogens is 1. The Balaban J connectivity index is 1.60. The number of H-pyrrole nitrogens is 1. The van der Waals surface area contributed by atoms with Gasteiger partial charge in [0.2, 0.25) is 6.41 Å². The van der Waals surface area contributed by atoms with Crippen molar-refractivity contribution in [2.24, 2.45) is 0 Å². The van der Waals surface area contributed by atoms with E-state index in [0.717, 1.165) is 39.7 Å². The molecule has 0 aliphatic heterocycles. The fourth-order valence-corrected chi connectivity index (χ4v) is 2.84. The number of amides is 1. The number of alkyl halides is 1. The second kappa shape index (κ2) is 9.34. The second-order valence-corrected chi connectivity index (χ2v) is 6.04. The summed E-state index contributed by atoms with van der Waals surface area (Å²) < 4.78 is 27.9. The van der Waals surface area contributed by atoms with E-state index < -0.39 is 6.67 Å². The summed E-state index contributed by atoms with van der Waals surface area (Å²) in [7, 11) is 1.72. The first-order chi connectivity index (χ1) is 13.2. The fourth-order valence-electron chi connectivity index (χ4n) is 2.84. The number of rotatable bonds is 11. The van der Waals surface area contributed by atoms with Crippen LogP contribution in [0.2, 0.25) is 0 Å². The lowest BCUT2D eigenvalue weighted by atomic mass is 10.1. The molecule has 6 nitrogen and oxygen atoms in total. The van der Waals surface area contributed by atoms with Crippen LogP contribution < -0.4 is 9.64 Å². The number of fused-ring (bicyclic) bond motifs is 3. The van der Waals surface area contributed by atoms with Crippen LogP contribution in [0.25, 0.3) is 21.8 Å². The molecule has 0 unspecified atom stereocenters. The van der Waals surface area contributed by atoms with Crippen LogP contribution in [0.4, 0.5) is 10.1 Å². The van der Waals surface area contributed by atoms with E-state index in [4.69, 9.17) is 14.2 Å². The van der Waals surface area contributed by atoms with E-state index in [-0.39, 0.29) is 6.61 Å². The van der Waals surface area contributed by atoms with Crippen LogP contribution in [0.5, 0.6) is 5.75 Å². The van der Waals surface area contributed by atoms with Gasteiger partial charge in [-0.1, -0.05) is 6.07 Å². The highest BCUT2D eigenvalue weighted by atomic mass is 18.2. The van der Waals surface area contributed by atoms with Gasteiger partial charge < -0.3 is 24.1 Å². The number of aromatic nitrogens is 1. The SMILES string of the molecule is CN(C=O)c1ccc2c(c1)[nH]c1cc(OCCOCCOCC[18F])ccc12. The summed E-state index contributed by atoms with van der Waals surface area (Å²) in [6.07, 6.45) is 0.783. The minimum absolute atomic E-state index is 0.108. The third kappa shape index (κ3) is 4.75. The monoisotopic (exact) mass is 373 g/mol. The Kier molecular flexibility index (Phi) is 6.62. The molecule has 0 spiro atoms. The lowest BCUT2D eigenvalue weighted by Crippen LogP contribution is -2.13. The van der Waals surface area contributed by atoms with Crippen molar-refractivity contribution >= 4 is 33.9 Å².